The molecule has 0 spiro atoms. The van der Waals surface area contributed by atoms with Crippen molar-refractivity contribution >= 4 is 10.0 Å². The molecule has 0 heterocycles. The normalized spacial score (nSPS) is 29.9. The molecule has 3 atom stereocenters. The Morgan fingerprint density at radius 2 is 1.62 bits per heavy atom. The topological polar surface area (TPSA) is 46.2 Å². The van der Waals surface area contributed by atoms with E-state index in [1.54, 1.807) is 12.1 Å². The molecule has 1 aromatic carbocycles. The van der Waals surface area contributed by atoms with E-state index in [2.05, 4.69) is 4.72 Å². The van der Waals surface area contributed by atoms with Gasteiger partial charge >= 0.3 is 0 Å². The maximum atomic E-state index is 12.6. The summed E-state index contributed by atoms with van der Waals surface area (Å²) in [7, 11) is -3.38. The van der Waals surface area contributed by atoms with E-state index in [0.29, 0.717) is 10.8 Å². The van der Waals surface area contributed by atoms with Gasteiger partial charge in [0, 0.05) is 6.04 Å². The van der Waals surface area contributed by atoms with Gasteiger partial charge in [-0.15, -0.1) is 0 Å². The highest BCUT2D eigenvalue weighted by molar-refractivity contribution is 7.89. The number of rotatable bonds is 3. The van der Waals surface area contributed by atoms with Gasteiger partial charge in [-0.25, -0.2) is 13.1 Å². The zero-order valence-electron chi connectivity index (χ0n) is 12.7. The quantitative estimate of drug-likeness (QED) is 0.927. The van der Waals surface area contributed by atoms with Gasteiger partial charge in [0.2, 0.25) is 10.0 Å². The van der Waals surface area contributed by atoms with Crippen LogP contribution < -0.4 is 4.72 Å². The summed E-state index contributed by atoms with van der Waals surface area (Å²) >= 11 is 0. The first-order valence-electron chi connectivity index (χ1n) is 8.15. The smallest absolute Gasteiger partial charge is 0.208 e. The molecule has 2 saturated carbocycles. The van der Waals surface area contributed by atoms with Gasteiger partial charge in [-0.05, 0) is 43.7 Å². The fraction of sp³-hybridized carbons (Fsp3) is 0.647. The summed E-state index contributed by atoms with van der Waals surface area (Å²) in [6.07, 6.45) is 8.48. The molecule has 3 rings (SSSR count). The Labute approximate surface area is 128 Å². The first kappa shape index (κ1) is 15.0. The average Bonchev–Trinajstić information content (AvgIpc) is 2.48. The number of sulfonamides is 1. The van der Waals surface area contributed by atoms with Crippen LogP contribution in [0.25, 0.3) is 0 Å². The summed E-state index contributed by atoms with van der Waals surface area (Å²) in [6.45, 7) is 1.97. The van der Waals surface area contributed by atoms with Crippen LogP contribution in [-0.4, -0.2) is 14.5 Å². The van der Waals surface area contributed by atoms with Crippen LogP contribution in [0.5, 0.6) is 0 Å². The molecule has 0 amide bonds. The second kappa shape index (κ2) is 6.09. The van der Waals surface area contributed by atoms with Gasteiger partial charge in [-0.3, -0.25) is 0 Å². The maximum absolute atomic E-state index is 12.6. The Kier molecular flexibility index (Phi) is 4.36. The van der Waals surface area contributed by atoms with Crippen molar-refractivity contribution in [2.45, 2.75) is 62.8 Å². The summed E-state index contributed by atoms with van der Waals surface area (Å²) in [5.41, 5.74) is 1.08. The van der Waals surface area contributed by atoms with Gasteiger partial charge in [0.25, 0.3) is 0 Å². The van der Waals surface area contributed by atoms with E-state index in [9.17, 15) is 8.42 Å². The van der Waals surface area contributed by atoms with Crippen molar-refractivity contribution in [3.05, 3.63) is 29.8 Å². The molecule has 4 heteroatoms. The summed E-state index contributed by atoms with van der Waals surface area (Å²) in [5, 5.41) is 0. The molecular formula is C17H25NO2S. The molecule has 2 aliphatic carbocycles. The van der Waals surface area contributed by atoms with E-state index in [-0.39, 0.29) is 6.04 Å². The molecule has 2 aliphatic rings. The minimum Gasteiger partial charge on any atom is -0.208 e. The average molecular weight is 307 g/mol. The van der Waals surface area contributed by atoms with E-state index in [1.807, 2.05) is 19.1 Å². The fourth-order valence-corrected chi connectivity index (χ4v) is 5.39. The van der Waals surface area contributed by atoms with Crippen molar-refractivity contribution < 1.29 is 8.42 Å². The van der Waals surface area contributed by atoms with Crippen LogP contribution in [0.15, 0.2) is 29.2 Å². The van der Waals surface area contributed by atoms with Gasteiger partial charge < -0.3 is 0 Å². The monoisotopic (exact) mass is 307 g/mol. The molecule has 1 aromatic rings. The fourth-order valence-electron chi connectivity index (χ4n) is 4.07. The summed E-state index contributed by atoms with van der Waals surface area (Å²) in [5.74, 6) is 1.28. The number of fused-ring (bicyclic) bond motifs is 1. The zero-order valence-corrected chi connectivity index (χ0v) is 13.5. The molecule has 116 valence electrons. The number of hydrogen-bond acceptors (Lipinski definition) is 2. The Hall–Kier alpha value is -0.870. The molecule has 0 saturated heterocycles. The molecule has 0 aliphatic heterocycles. The molecule has 2 fully saturated rings. The predicted molar refractivity (Wildman–Crippen MR) is 84.6 cm³/mol. The molecule has 0 radical (unpaired) electrons. The largest absolute Gasteiger partial charge is 0.240 e. The summed E-state index contributed by atoms with van der Waals surface area (Å²) in [4.78, 5) is 0.394. The highest BCUT2D eigenvalue weighted by Gasteiger charge is 2.36. The van der Waals surface area contributed by atoms with E-state index in [0.717, 1.165) is 24.3 Å². The molecule has 0 bridgehead atoms. The Morgan fingerprint density at radius 3 is 2.38 bits per heavy atom. The van der Waals surface area contributed by atoms with Crippen LogP contribution >= 0.6 is 0 Å². The third kappa shape index (κ3) is 3.32. The molecular weight excluding hydrogens is 282 g/mol. The third-order valence-electron chi connectivity index (χ3n) is 5.21. The van der Waals surface area contributed by atoms with Crippen molar-refractivity contribution in [3.8, 4) is 0 Å². The van der Waals surface area contributed by atoms with Crippen LogP contribution in [0, 0.1) is 18.8 Å². The summed E-state index contributed by atoms with van der Waals surface area (Å²) in [6, 6.07) is 7.27. The van der Waals surface area contributed by atoms with Crippen LogP contribution in [-0.2, 0) is 10.0 Å². The van der Waals surface area contributed by atoms with Crippen LogP contribution in [0.1, 0.15) is 50.5 Å². The standard InChI is InChI=1S/C17H25NO2S/c1-13-9-11-15(12-10-13)21(19,20)18-17-8-4-6-14-5-2-3-7-16(14)17/h9-12,14,16-18H,2-8H2,1H3/t14-,16-,17+/m0/s1. The predicted octanol–water partition coefficient (Wildman–Crippen LogP) is 3.63. The SMILES string of the molecule is Cc1ccc(S(=O)(=O)N[C@@H]2CCC[C@@H]3CCCC[C@@H]32)cc1. The number of benzene rings is 1. The van der Waals surface area contributed by atoms with E-state index in [1.165, 1.54) is 32.1 Å². The minimum absolute atomic E-state index is 0.135. The van der Waals surface area contributed by atoms with Gasteiger partial charge in [-0.2, -0.15) is 0 Å². The molecule has 0 aromatic heterocycles. The maximum Gasteiger partial charge on any atom is 0.240 e. The van der Waals surface area contributed by atoms with Crippen LogP contribution in [0.2, 0.25) is 0 Å². The molecule has 21 heavy (non-hydrogen) atoms. The Morgan fingerprint density at radius 1 is 0.952 bits per heavy atom. The lowest BCUT2D eigenvalue weighted by molar-refractivity contribution is 0.138. The number of nitrogens with one attached hydrogen (secondary N) is 1. The van der Waals surface area contributed by atoms with E-state index < -0.39 is 10.0 Å². The Balaban J connectivity index is 1.76. The van der Waals surface area contributed by atoms with E-state index >= 15 is 0 Å². The lowest BCUT2D eigenvalue weighted by atomic mass is 9.69. The van der Waals surface area contributed by atoms with Gasteiger partial charge in [-0.1, -0.05) is 49.8 Å². The summed E-state index contributed by atoms with van der Waals surface area (Å²) < 4.78 is 28.2. The number of hydrogen-bond donors (Lipinski definition) is 1. The Bertz CT molecular complexity index is 577. The molecule has 0 unspecified atom stereocenters. The third-order valence-corrected chi connectivity index (χ3v) is 6.72. The number of aryl methyl sites for hydroxylation is 1. The second-order valence-electron chi connectivity index (χ2n) is 6.68. The lowest BCUT2D eigenvalue weighted by Crippen LogP contribution is -2.46. The zero-order chi connectivity index (χ0) is 14.9. The molecule has 3 nitrogen and oxygen atoms in total. The highest BCUT2D eigenvalue weighted by Crippen LogP contribution is 2.40. The van der Waals surface area contributed by atoms with Gasteiger partial charge in [0.1, 0.15) is 0 Å². The first-order chi connectivity index (χ1) is 10.1. The van der Waals surface area contributed by atoms with Crippen molar-refractivity contribution in [3.63, 3.8) is 0 Å². The van der Waals surface area contributed by atoms with Gasteiger partial charge in [0.15, 0.2) is 0 Å². The first-order valence-corrected chi connectivity index (χ1v) is 9.63. The van der Waals surface area contributed by atoms with Crippen LogP contribution in [0.4, 0.5) is 0 Å². The minimum atomic E-state index is -3.38. The second-order valence-corrected chi connectivity index (χ2v) is 8.39. The van der Waals surface area contributed by atoms with Crippen molar-refractivity contribution in [1.82, 2.24) is 4.72 Å². The highest BCUT2D eigenvalue weighted by atomic mass is 32.2. The van der Waals surface area contributed by atoms with Crippen molar-refractivity contribution in [1.29, 1.82) is 0 Å². The van der Waals surface area contributed by atoms with Crippen molar-refractivity contribution in [2.24, 2.45) is 11.8 Å². The van der Waals surface area contributed by atoms with Gasteiger partial charge in [0.05, 0.1) is 4.90 Å². The van der Waals surface area contributed by atoms with Crippen molar-refractivity contribution in [2.75, 3.05) is 0 Å². The molecule has 1 N–H and O–H groups in total. The van der Waals surface area contributed by atoms with Crippen LogP contribution in [0.3, 0.4) is 0 Å². The lowest BCUT2D eigenvalue weighted by Gasteiger charge is -2.41. The van der Waals surface area contributed by atoms with E-state index in [4.69, 9.17) is 0 Å².